The van der Waals surface area contributed by atoms with Crippen molar-refractivity contribution in [1.29, 1.82) is 0 Å². The predicted molar refractivity (Wildman–Crippen MR) is 159 cm³/mol. The number of anilines is 2. The second-order valence-electron chi connectivity index (χ2n) is 9.84. The standard InChI is InChI=1S/C34H24N2O4/c37-31(17-23-19-39-29-15-13-21-7-1-3-9-25(21)33(23)29)35-27-11-5-6-12-28(27)36-32(38)18-24-20-40-30-16-14-22-8-2-4-10-26(22)34(24)30/h1-16,19-20H,17-18H2,(H,35,37)(H,36,38). The van der Waals surface area contributed by atoms with E-state index in [1.807, 2.05) is 84.9 Å². The molecule has 0 radical (unpaired) electrons. The molecule has 0 saturated heterocycles. The Balaban J connectivity index is 1.10. The van der Waals surface area contributed by atoms with Crippen LogP contribution in [-0.2, 0) is 22.4 Å². The molecule has 2 aromatic heterocycles. The van der Waals surface area contributed by atoms with Gasteiger partial charge in [0.25, 0.3) is 0 Å². The Hall–Kier alpha value is -5.36. The first kappa shape index (κ1) is 23.7. The van der Waals surface area contributed by atoms with E-state index < -0.39 is 0 Å². The molecule has 0 bridgehead atoms. The van der Waals surface area contributed by atoms with Crippen LogP contribution < -0.4 is 10.6 Å². The normalized spacial score (nSPS) is 11.4. The van der Waals surface area contributed by atoms with Crippen molar-refractivity contribution in [1.82, 2.24) is 0 Å². The van der Waals surface area contributed by atoms with E-state index in [-0.39, 0.29) is 24.7 Å². The highest BCUT2D eigenvalue weighted by Gasteiger charge is 2.17. The summed E-state index contributed by atoms with van der Waals surface area (Å²) in [6.45, 7) is 0. The van der Waals surface area contributed by atoms with E-state index in [1.165, 1.54) is 0 Å². The maximum absolute atomic E-state index is 13.1. The van der Waals surface area contributed by atoms with Crippen molar-refractivity contribution in [3.8, 4) is 0 Å². The van der Waals surface area contributed by atoms with Gasteiger partial charge in [-0.25, -0.2) is 0 Å². The Morgan fingerprint density at radius 3 is 1.43 bits per heavy atom. The summed E-state index contributed by atoms with van der Waals surface area (Å²) in [6, 6.07) is 31.2. The SMILES string of the molecule is O=C(Cc1coc2ccc3ccccc3c12)Nc1ccccc1NC(=O)Cc1coc2ccc3ccccc3c12. The number of furan rings is 2. The second kappa shape index (κ2) is 9.75. The average molecular weight is 525 g/mol. The maximum atomic E-state index is 13.1. The van der Waals surface area contributed by atoms with Crippen LogP contribution in [0.2, 0.25) is 0 Å². The molecular formula is C34H24N2O4. The van der Waals surface area contributed by atoms with Gasteiger partial charge in [0.2, 0.25) is 11.8 Å². The van der Waals surface area contributed by atoms with Gasteiger partial charge in [0.05, 0.1) is 36.7 Å². The molecule has 6 nitrogen and oxygen atoms in total. The zero-order valence-corrected chi connectivity index (χ0v) is 21.4. The van der Waals surface area contributed by atoms with Crippen molar-refractivity contribution in [2.75, 3.05) is 10.6 Å². The fraction of sp³-hybridized carbons (Fsp3) is 0.0588. The lowest BCUT2D eigenvalue weighted by molar-refractivity contribution is -0.116. The third kappa shape index (κ3) is 4.25. The highest BCUT2D eigenvalue weighted by atomic mass is 16.3. The summed E-state index contributed by atoms with van der Waals surface area (Å²) in [7, 11) is 0. The van der Waals surface area contributed by atoms with Crippen LogP contribution in [0.3, 0.4) is 0 Å². The van der Waals surface area contributed by atoms with Crippen molar-refractivity contribution in [3.63, 3.8) is 0 Å². The van der Waals surface area contributed by atoms with E-state index in [2.05, 4.69) is 10.6 Å². The monoisotopic (exact) mass is 524 g/mol. The summed E-state index contributed by atoms with van der Waals surface area (Å²) in [6.07, 6.45) is 3.56. The number of carbonyl (C=O) groups excluding carboxylic acids is 2. The molecule has 0 aliphatic heterocycles. The number of hydrogen-bond acceptors (Lipinski definition) is 4. The highest BCUT2D eigenvalue weighted by molar-refractivity contribution is 6.11. The van der Waals surface area contributed by atoms with Crippen LogP contribution in [-0.4, -0.2) is 11.8 Å². The van der Waals surface area contributed by atoms with Gasteiger partial charge in [-0.3, -0.25) is 9.59 Å². The van der Waals surface area contributed by atoms with Crippen LogP contribution in [0.25, 0.3) is 43.5 Å². The van der Waals surface area contributed by atoms with Crippen molar-refractivity contribution < 1.29 is 18.4 Å². The number of fused-ring (bicyclic) bond motifs is 6. The number of carbonyl (C=O) groups is 2. The first-order valence-corrected chi connectivity index (χ1v) is 13.1. The summed E-state index contributed by atoms with van der Waals surface area (Å²) in [5.74, 6) is -0.408. The van der Waals surface area contributed by atoms with Gasteiger partial charge in [0, 0.05) is 21.9 Å². The maximum Gasteiger partial charge on any atom is 0.228 e. The fourth-order valence-electron chi connectivity index (χ4n) is 5.45. The van der Waals surface area contributed by atoms with Crippen LogP contribution in [0, 0.1) is 0 Å². The lowest BCUT2D eigenvalue weighted by atomic mass is 10.0. The smallest absolute Gasteiger partial charge is 0.228 e. The van der Waals surface area contributed by atoms with Crippen LogP contribution in [0.15, 0.2) is 118 Å². The summed E-state index contributed by atoms with van der Waals surface area (Å²) in [5.41, 5.74) is 4.17. The highest BCUT2D eigenvalue weighted by Crippen LogP contribution is 2.32. The van der Waals surface area contributed by atoms with Gasteiger partial charge in [0.15, 0.2) is 0 Å². The minimum atomic E-state index is -0.204. The molecule has 0 unspecified atom stereocenters. The molecule has 0 atom stereocenters. The minimum Gasteiger partial charge on any atom is -0.464 e. The van der Waals surface area contributed by atoms with Crippen LogP contribution in [0.5, 0.6) is 0 Å². The van der Waals surface area contributed by atoms with Crippen molar-refractivity contribution >= 4 is 66.7 Å². The largest absolute Gasteiger partial charge is 0.464 e. The van der Waals surface area contributed by atoms with E-state index in [0.29, 0.717) is 11.4 Å². The molecule has 0 aliphatic carbocycles. The first-order chi connectivity index (χ1) is 19.6. The third-order valence-electron chi connectivity index (χ3n) is 7.26. The quantitative estimate of drug-likeness (QED) is 0.232. The summed E-state index contributed by atoms with van der Waals surface area (Å²) in [5, 5.41) is 12.1. The average Bonchev–Trinajstić information content (AvgIpc) is 3.58. The molecule has 194 valence electrons. The van der Waals surface area contributed by atoms with Gasteiger partial charge in [0.1, 0.15) is 11.2 Å². The van der Waals surface area contributed by atoms with Gasteiger partial charge in [-0.15, -0.1) is 0 Å². The molecule has 40 heavy (non-hydrogen) atoms. The molecule has 5 aromatic carbocycles. The lowest BCUT2D eigenvalue weighted by Crippen LogP contribution is -2.18. The number of rotatable bonds is 6. The Bertz CT molecular complexity index is 1920. The molecule has 2 heterocycles. The molecule has 2 amide bonds. The molecule has 7 aromatic rings. The Morgan fingerprint density at radius 2 is 0.950 bits per heavy atom. The molecule has 0 spiro atoms. The minimum absolute atomic E-state index is 0.136. The van der Waals surface area contributed by atoms with Crippen LogP contribution >= 0.6 is 0 Å². The Kier molecular flexibility index (Phi) is 5.78. The van der Waals surface area contributed by atoms with Crippen molar-refractivity contribution in [3.05, 3.63) is 121 Å². The molecule has 0 saturated carbocycles. The van der Waals surface area contributed by atoms with Gasteiger partial charge < -0.3 is 19.5 Å². The van der Waals surface area contributed by atoms with E-state index in [4.69, 9.17) is 8.83 Å². The fourth-order valence-corrected chi connectivity index (χ4v) is 5.45. The number of nitrogens with one attached hydrogen (secondary N) is 2. The zero-order chi connectivity index (χ0) is 27.1. The molecule has 0 aliphatic rings. The molecule has 0 fully saturated rings. The van der Waals surface area contributed by atoms with Crippen LogP contribution in [0.4, 0.5) is 11.4 Å². The summed E-state index contributed by atoms with van der Waals surface area (Å²) >= 11 is 0. The van der Waals surface area contributed by atoms with Gasteiger partial charge in [-0.05, 0) is 45.8 Å². The van der Waals surface area contributed by atoms with Crippen molar-refractivity contribution in [2.45, 2.75) is 12.8 Å². The zero-order valence-electron chi connectivity index (χ0n) is 21.4. The number of hydrogen-bond donors (Lipinski definition) is 2. The second-order valence-corrected chi connectivity index (χ2v) is 9.84. The molecule has 2 N–H and O–H groups in total. The van der Waals surface area contributed by atoms with E-state index in [1.54, 1.807) is 24.7 Å². The summed E-state index contributed by atoms with van der Waals surface area (Å²) < 4.78 is 11.5. The Morgan fingerprint density at radius 1 is 0.525 bits per heavy atom. The Labute approximate surface area is 229 Å². The van der Waals surface area contributed by atoms with Crippen LogP contribution in [0.1, 0.15) is 11.1 Å². The predicted octanol–water partition coefficient (Wildman–Crippen LogP) is 7.85. The molecule has 6 heteroatoms. The number of benzene rings is 5. The number of amides is 2. The van der Waals surface area contributed by atoms with E-state index >= 15 is 0 Å². The summed E-state index contributed by atoms with van der Waals surface area (Å²) in [4.78, 5) is 26.3. The van der Waals surface area contributed by atoms with Gasteiger partial charge in [-0.1, -0.05) is 72.8 Å². The third-order valence-corrected chi connectivity index (χ3v) is 7.26. The first-order valence-electron chi connectivity index (χ1n) is 13.1. The van der Waals surface area contributed by atoms with Gasteiger partial charge in [-0.2, -0.15) is 0 Å². The van der Waals surface area contributed by atoms with E-state index in [9.17, 15) is 9.59 Å². The number of para-hydroxylation sites is 2. The topological polar surface area (TPSA) is 84.5 Å². The lowest BCUT2D eigenvalue weighted by Gasteiger charge is -2.12. The van der Waals surface area contributed by atoms with Gasteiger partial charge >= 0.3 is 0 Å². The van der Waals surface area contributed by atoms with Crippen molar-refractivity contribution in [2.24, 2.45) is 0 Å². The molecule has 7 rings (SSSR count). The molecular weight excluding hydrogens is 500 g/mol. The van der Waals surface area contributed by atoms with E-state index in [0.717, 1.165) is 54.6 Å².